The minimum absolute atomic E-state index is 0.0334. The van der Waals surface area contributed by atoms with Gasteiger partial charge in [0.25, 0.3) is 0 Å². The highest BCUT2D eigenvalue weighted by atomic mass is 16.5. The van der Waals surface area contributed by atoms with Gasteiger partial charge < -0.3 is 10.5 Å². The Kier molecular flexibility index (Phi) is 3.20. The zero-order valence-corrected chi connectivity index (χ0v) is 12.5. The van der Waals surface area contributed by atoms with Gasteiger partial charge in [-0.05, 0) is 26.2 Å². The summed E-state index contributed by atoms with van der Waals surface area (Å²) in [5.74, 6) is 0.592. The van der Waals surface area contributed by atoms with E-state index in [0.29, 0.717) is 5.95 Å². The van der Waals surface area contributed by atoms with Crippen molar-refractivity contribution in [1.82, 2.24) is 19.3 Å². The molecule has 0 atom stereocenters. The van der Waals surface area contributed by atoms with Crippen molar-refractivity contribution in [3.63, 3.8) is 0 Å². The third-order valence-corrected chi connectivity index (χ3v) is 4.33. The molecule has 1 aliphatic rings. The molecule has 110 valence electrons. The summed E-state index contributed by atoms with van der Waals surface area (Å²) in [6.45, 7) is 5.94. The van der Waals surface area contributed by atoms with Gasteiger partial charge in [-0.3, -0.25) is 9.25 Å². The van der Waals surface area contributed by atoms with E-state index in [0.717, 1.165) is 55.8 Å². The van der Waals surface area contributed by atoms with Gasteiger partial charge in [0.05, 0.1) is 11.2 Å². The first-order valence-corrected chi connectivity index (χ1v) is 7.35. The molecule has 1 fully saturated rings. The van der Waals surface area contributed by atoms with Gasteiger partial charge in [0, 0.05) is 20.3 Å². The Bertz CT molecular complexity index is 621. The molecule has 0 bridgehead atoms. The number of nitrogens with zero attached hydrogens (tertiary/aromatic N) is 4. The van der Waals surface area contributed by atoms with Crippen LogP contribution >= 0.6 is 0 Å². The van der Waals surface area contributed by atoms with Crippen LogP contribution in [0.25, 0.3) is 11.2 Å². The molecule has 0 amide bonds. The molecule has 2 aromatic heterocycles. The summed E-state index contributed by atoms with van der Waals surface area (Å²) in [5, 5.41) is 4.61. The first kappa shape index (κ1) is 13.4. The summed E-state index contributed by atoms with van der Waals surface area (Å²) >= 11 is 0. The van der Waals surface area contributed by atoms with Crippen LogP contribution in [0.1, 0.15) is 38.8 Å². The van der Waals surface area contributed by atoms with E-state index in [1.807, 2.05) is 11.7 Å². The number of hydrogen-bond donors (Lipinski definition) is 1. The Morgan fingerprint density at radius 3 is 2.70 bits per heavy atom. The molecular formula is C14H23N5O. The van der Waals surface area contributed by atoms with Gasteiger partial charge in [-0.15, -0.1) is 0 Å². The maximum absolute atomic E-state index is 6.22. The van der Waals surface area contributed by atoms with E-state index in [1.165, 1.54) is 0 Å². The number of rotatable bonds is 3. The lowest BCUT2D eigenvalue weighted by atomic mass is 9.92. The highest BCUT2D eigenvalue weighted by molar-refractivity contribution is 5.78. The van der Waals surface area contributed by atoms with E-state index in [2.05, 4.69) is 28.5 Å². The lowest BCUT2D eigenvalue weighted by Crippen LogP contribution is -2.37. The Morgan fingerprint density at radius 2 is 2.05 bits per heavy atom. The number of aromatic nitrogens is 4. The van der Waals surface area contributed by atoms with Crippen LogP contribution in [0.15, 0.2) is 0 Å². The molecule has 0 aromatic carbocycles. The molecule has 0 radical (unpaired) electrons. The average Bonchev–Trinajstić information content (AvgIpc) is 2.89. The number of anilines is 1. The van der Waals surface area contributed by atoms with Crippen molar-refractivity contribution in [3.8, 4) is 0 Å². The summed E-state index contributed by atoms with van der Waals surface area (Å²) in [6.07, 6.45) is 3.91. The van der Waals surface area contributed by atoms with Crippen molar-refractivity contribution in [1.29, 1.82) is 0 Å². The maximum Gasteiger partial charge on any atom is 0.203 e. The SMILES string of the molecule is CCCc1nn(C)c2c1nc(N)n2C1(C)CCOCC1. The molecule has 0 unspecified atom stereocenters. The Hall–Kier alpha value is -1.56. The molecule has 0 aliphatic carbocycles. The van der Waals surface area contributed by atoms with Crippen molar-refractivity contribution in [2.75, 3.05) is 18.9 Å². The summed E-state index contributed by atoms with van der Waals surface area (Å²) in [7, 11) is 1.97. The summed E-state index contributed by atoms with van der Waals surface area (Å²) < 4.78 is 9.58. The largest absolute Gasteiger partial charge is 0.381 e. The third kappa shape index (κ3) is 1.90. The molecule has 1 saturated heterocycles. The zero-order chi connectivity index (χ0) is 14.3. The Labute approximate surface area is 118 Å². The number of imidazole rings is 1. The summed E-state index contributed by atoms with van der Waals surface area (Å²) in [4.78, 5) is 4.59. The van der Waals surface area contributed by atoms with Crippen LogP contribution in [0.4, 0.5) is 5.95 Å². The fourth-order valence-electron chi connectivity index (χ4n) is 3.17. The monoisotopic (exact) mass is 277 g/mol. The van der Waals surface area contributed by atoms with Crippen molar-refractivity contribution in [3.05, 3.63) is 5.69 Å². The second-order valence-corrected chi connectivity index (χ2v) is 5.91. The predicted molar refractivity (Wildman–Crippen MR) is 78.6 cm³/mol. The van der Waals surface area contributed by atoms with Crippen molar-refractivity contribution in [2.24, 2.45) is 7.05 Å². The van der Waals surface area contributed by atoms with Crippen molar-refractivity contribution in [2.45, 2.75) is 45.1 Å². The summed E-state index contributed by atoms with van der Waals surface area (Å²) in [5.41, 5.74) is 9.23. The maximum atomic E-state index is 6.22. The molecular weight excluding hydrogens is 254 g/mol. The highest BCUT2D eigenvalue weighted by Gasteiger charge is 2.34. The van der Waals surface area contributed by atoms with E-state index in [-0.39, 0.29) is 5.54 Å². The second-order valence-electron chi connectivity index (χ2n) is 5.91. The van der Waals surface area contributed by atoms with Crippen molar-refractivity contribution < 1.29 is 4.74 Å². The van der Waals surface area contributed by atoms with Crippen LogP contribution < -0.4 is 5.73 Å². The number of hydrogen-bond acceptors (Lipinski definition) is 4. The van der Waals surface area contributed by atoms with Crippen LogP contribution in [0.3, 0.4) is 0 Å². The first-order chi connectivity index (χ1) is 9.57. The van der Waals surface area contributed by atoms with Crippen LogP contribution in [0.2, 0.25) is 0 Å². The molecule has 1 aliphatic heterocycles. The molecule has 20 heavy (non-hydrogen) atoms. The number of nitrogen functional groups attached to an aromatic ring is 1. The van der Waals surface area contributed by atoms with E-state index in [4.69, 9.17) is 10.5 Å². The standard InChI is InChI=1S/C14H23N5O/c1-4-5-10-11-12(18(3)17-10)19(13(15)16-11)14(2)6-8-20-9-7-14/h4-9H2,1-3H3,(H2,15,16). The fraction of sp³-hybridized carbons (Fsp3) is 0.714. The fourth-order valence-corrected chi connectivity index (χ4v) is 3.17. The number of nitrogens with two attached hydrogens (primary N) is 1. The van der Waals surface area contributed by atoms with Gasteiger partial charge in [-0.1, -0.05) is 13.3 Å². The lowest BCUT2D eigenvalue weighted by Gasteiger charge is -2.35. The van der Waals surface area contributed by atoms with E-state index < -0.39 is 0 Å². The smallest absolute Gasteiger partial charge is 0.203 e. The Balaban J connectivity index is 2.17. The van der Waals surface area contributed by atoms with Crippen molar-refractivity contribution >= 4 is 17.1 Å². The van der Waals surface area contributed by atoms with Gasteiger partial charge >= 0.3 is 0 Å². The second kappa shape index (κ2) is 4.77. The zero-order valence-electron chi connectivity index (χ0n) is 12.5. The van der Waals surface area contributed by atoms with Gasteiger partial charge in [-0.2, -0.15) is 5.10 Å². The molecule has 3 rings (SSSR count). The predicted octanol–water partition coefficient (Wildman–Crippen LogP) is 1.83. The van der Waals surface area contributed by atoms with Crippen LogP contribution in [-0.2, 0) is 23.7 Å². The molecule has 6 nitrogen and oxygen atoms in total. The number of fused-ring (bicyclic) bond motifs is 1. The Morgan fingerprint density at radius 1 is 1.35 bits per heavy atom. The minimum Gasteiger partial charge on any atom is -0.381 e. The normalized spacial score (nSPS) is 18.8. The number of ether oxygens (including phenoxy) is 1. The quantitative estimate of drug-likeness (QED) is 0.929. The molecule has 3 heterocycles. The third-order valence-electron chi connectivity index (χ3n) is 4.33. The van der Waals surface area contributed by atoms with Crippen LogP contribution in [0.5, 0.6) is 0 Å². The van der Waals surface area contributed by atoms with Gasteiger partial charge in [-0.25, -0.2) is 4.98 Å². The van der Waals surface area contributed by atoms with Gasteiger partial charge in [0.2, 0.25) is 5.95 Å². The first-order valence-electron chi connectivity index (χ1n) is 7.35. The molecule has 2 N–H and O–H groups in total. The average molecular weight is 277 g/mol. The lowest BCUT2D eigenvalue weighted by molar-refractivity contribution is 0.0316. The van der Waals surface area contributed by atoms with E-state index in [1.54, 1.807) is 0 Å². The van der Waals surface area contributed by atoms with Crippen LogP contribution in [0, 0.1) is 0 Å². The van der Waals surface area contributed by atoms with E-state index in [9.17, 15) is 0 Å². The highest BCUT2D eigenvalue weighted by Crippen LogP contribution is 2.35. The molecule has 0 saturated carbocycles. The molecule has 6 heteroatoms. The minimum atomic E-state index is -0.0334. The molecule has 0 spiro atoms. The van der Waals surface area contributed by atoms with Crippen LogP contribution in [-0.4, -0.2) is 32.5 Å². The van der Waals surface area contributed by atoms with Gasteiger partial charge in [0.15, 0.2) is 5.65 Å². The molecule has 2 aromatic rings. The number of aryl methyl sites for hydroxylation is 2. The van der Waals surface area contributed by atoms with E-state index >= 15 is 0 Å². The topological polar surface area (TPSA) is 70.9 Å². The summed E-state index contributed by atoms with van der Waals surface area (Å²) in [6, 6.07) is 0. The van der Waals surface area contributed by atoms with Gasteiger partial charge in [0.1, 0.15) is 5.52 Å².